The third-order valence-corrected chi connectivity index (χ3v) is 3.11. The van der Waals surface area contributed by atoms with E-state index in [1.54, 1.807) is 6.92 Å². The molecule has 1 aliphatic heterocycles. The Morgan fingerprint density at radius 1 is 1.58 bits per heavy atom. The normalized spacial score (nSPS) is 19.1. The van der Waals surface area contributed by atoms with Gasteiger partial charge in [0.05, 0.1) is 24.9 Å². The predicted octanol–water partition coefficient (Wildman–Crippen LogP) is 1.61. The van der Waals surface area contributed by atoms with E-state index in [9.17, 15) is 4.79 Å². The highest BCUT2D eigenvalue weighted by atomic mass is 16.5. The van der Waals surface area contributed by atoms with Crippen LogP contribution in [0.4, 0.5) is 0 Å². The summed E-state index contributed by atoms with van der Waals surface area (Å²) in [5, 5.41) is 8.16. The number of nitrogens with zero attached hydrogens (tertiary/aromatic N) is 3. The van der Waals surface area contributed by atoms with Crippen LogP contribution in [0.25, 0.3) is 0 Å². The van der Waals surface area contributed by atoms with Crippen molar-refractivity contribution in [3.8, 4) is 0 Å². The van der Waals surface area contributed by atoms with Crippen LogP contribution in [-0.4, -0.2) is 40.8 Å². The van der Waals surface area contributed by atoms with Crippen LogP contribution in [0.15, 0.2) is 0 Å². The molecular formula is C13H21N3O3. The first-order chi connectivity index (χ1) is 9.13. The van der Waals surface area contributed by atoms with Crippen LogP contribution >= 0.6 is 0 Å². The molecule has 0 aliphatic carbocycles. The number of hydrogen-bond acceptors (Lipinski definition) is 5. The lowest BCUT2D eigenvalue weighted by molar-refractivity contribution is 0.0517. The fourth-order valence-electron chi connectivity index (χ4n) is 2.26. The maximum absolute atomic E-state index is 11.9. The Morgan fingerprint density at radius 3 is 2.95 bits per heavy atom. The van der Waals surface area contributed by atoms with Crippen molar-refractivity contribution < 1.29 is 14.3 Å². The highest BCUT2D eigenvalue weighted by molar-refractivity contribution is 5.88. The molecule has 1 aromatic heterocycles. The van der Waals surface area contributed by atoms with Gasteiger partial charge in [-0.1, -0.05) is 19.1 Å². The van der Waals surface area contributed by atoms with E-state index >= 15 is 0 Å². The Morgan fingerprint density at radius 2 is 2.37 bits per heavy atom. The molecule has 2 heterocycles. The Labute approximate surface area is 113 Å². The highest BCUT2D eigenvalue weighted by Crippen LogP contribution is 2.23. The average Bonchev–Trinajstić information content (AvgIpc) is 2.96. The second-order valence-electron chi connectivity index (χ2n) is 5.17. The molecule has 106 valence electrons. The van der Waals surface area contributed by atoms with Crippen molar-refractivity contribution in [3.05, 3.63) is 11.4 Å². The van der Waals surface area contributed by atoms with Crippen molar-refractivity contribution in [1.29, 1.82) is 0 Å². The van der Waals surface area contributed by atoms with Gasteiger partial charge in [0.2, 0.25) is 0 Å². The van der Waals surface area contributed by atoms with Gasteiger partial charge in [-0.15, -0.1) is 5.10 Å². The van der Waals surface area contributed by atoms with Gasteiger partial charge in [0.15, 0.2) is 5.69 Å². The molecule has 0 spiro atoms. The summed E-state index contributed by atoms with van der Waals surface area (Å²) in [5.41, 5.74) is 1.21. The first-order valence-electron chi connectivity index (χ1n) is 6.82. The third kappa shape index (κ3) is 3.12. The summed E-state index contributed by atoms with van der Waals surface area (Å²) in [7, 11) is 0. The van der Waals surface area contributed by atoms with E-state index < -0.39 is 0 Å². The summed E-state index contributed by atoms with van der Waals surface area (Å²) in [6, 6.07) is 0.185. The maximum Gasteiger partial charge on any atom is 0.360 e. The molecule has 0 radical (unpaired) electrons. The zero-order valence-corrected chi connectivity index (χ0v) is 11.8. The maximum atomic E-state index is 11.9. The second-order valence-corrected chi connectivity index (χ2v) is 5.17. The van der Waals surface area contributed by atoms with Gasteiger partial charge in [-0.25, -0.2) is 9.48 Å². The number of aromatic nitrogens is 3. The summed E-state index contributed by atoms with van der Waals surface area (Å²) in [6.45, 7) is 7.72. The molecule has 6 nitrogen and oxygen atoms in total. The van der Waals surface area contributed by atoms with Crippen LogP contribution in [0.5, 0.6) is 0 Å². The summed E-state index contributed by atoms with van der Waals surface area (Å²) < 4.78 is 12.3. The van der Waals surface area contributed by atoms with E-state index in [4.69, 9.17) is 9.47 Å². The topological polar surface area (TPSA) is 66.2 Å². The molecule has 19 heavy (non-hydrogen) atoms. The van der Waals surface area contributed by atoms with Gasteiger partial charge < -0.3 is 9.47 Å². The van der Waals surface area contributed by atoms with E-state index in [1.165, 1.54) is 0 Å². The lowest BCUT2D eigenvalue weighted by Gasteiger charge is -2.13. The lowest BCUT2D eigenvalue weighted by Crippen LogP contribution is -2.17. The molecule has 0 saturated carbocycles. The molecule has 1 unspecified atom stereocenters. The lowest BCUT2D eigenvalue weighted by atomic mass is 10.1. The van der Waals surface area contributed by atoms with Gasteiger partial charge >= 0.3 is 5.97 Å². The number of carbonyl (C=O) groups excluding carboxylic acids is 1. The van der Waals surface area contributed by atoms with Gasteiger partial charge in [0.1, 0.15) is 0 Å². The molecular weight excluding hydrogens is 246 g/mol. The number of rotatable bonds is 5. The van der Waals surface area contributed by atoms with E-state index in [0.717, 1.165) is 25.1 Å². The van der Waals surface area contributed by atoms with Crippen molar-refractivity contribution in [2.75, 3.05) is 19.8 Å². The van der Waals surface area contributed by atoms with Crippen molar-refractivity contribution in [1.82, 2.24) is 15.0 Å². The smallest absolute Gasteiger partial charge is 0.360 e. The number of hydrogen-bond donors (Lipinski definition) is 0. The average molecular weight is 267 g/mol. The minimum absolute atomic E-state index is 0.185. The summed E-state index contributed by atoms with van der Waals surface area (Å²) >= 11 is 0. The Kier molecular flexibility index (Phi) is 4.52. The van der Waals surface area contributed by atoms with Crippen molar-refractivity contribution >= 4 is 5.97 Å². The van der Waals surface area contributed by atoms with Crippen molar-refractivity contribution in [2.24, 2.45) is 5.92 Å². The van der Waals surface area contributed by atoms with Crippen LogP contribution < -0.4 is 0 Å². The van der Waals surface area contributed by atoms with E-state index in [-0.39, 0.29) is 12.0 Å². The monoisotopic (exact) mass is 267 g/mol. The Hall–Kier alpha value is -1.43. The Balaban J connectivity index is 2.29. The fraction of sp³-hybridized carbons (Fsp3) is 0.769. The van der Waals surface area contributed by atoms with Gasteiger partial charge in [-0.3, -0.25) is 0 Å². The molecule has 1 atom stereocenters. The third-order valence-electron chi connectivity index (χ3n) is 3.11. The standard InChI is InChI=1S/C13H21N3O3/c1-4-19-13(17)12-11(7-9(2)3)16(15-14-12)10-5-6-18-8-10/h9-10H,4-8H2,1-3H3. The molecule has 6 heteroatoms. The zero-order valence-electron chi connectivity index (χ0n) is 11.8. The SMILES string of the molecule is CCOC(=O)c1nnn(C2CCOC2)c1CC(C)C. The zero-order chi connectivity index (χ0) is 13.8. The van der Waals surface area contributed by atoms with Gasteiger partial charge in [-0.2, -0.15) is 0 Å². The van der Waals surface area contributed by atoms with Crippen molar-refractivity contribution in [2.45, 2.75) is 39.7 Å². The molecule has 0 N–H and O–H groups in total. The largest absolute Gasteiger partial charge is 0.461 e. The van der Waals surface area contributed by atoms with Gasteiger partial charge in [0.25, 0.3) is 0 Å². The second kappa shape index (κ2) is 6.14. The Bertz CT molecular complexity index is 436. The van der Waals surface area contributed by atoms with E-state index in [2.05, 4.69) is 24.2 Å². The number of carbonyl (C=O) groups is 1. The first kappa shape index (κ1) is 14.0. The molecule has 1 aromatic rings. The van der Waals surface area contributed by atoms with E-state index in [1.807, 2.05) is 4.68 Å². The molecule has 0 amide bonds. The van der Waals surface area contributed by atoms with E-state index in [0.29, 0.717) is 24.8 Å². The highest BCUT2D eigenvalue weighted by Gasteiger charge is 2.27. The van der Waals surface area contributed by atoms with Crippen LogP contribution in [-0.2, 0) is 15.9 Å². The van der Waals surface area contributed by atoms with Crippen LogP contribution in [0, 0.1) is 5.92 Å². The van der Waals surface area contributed by atoms with Gasteiger partial charge in [0, 0.05) is 6.61 Å². The quantitative estimate of drug-likeness (QED) is 0.758. The fourth-order valence-corrected chi connectivity index (χ4v) is 2.26. The molecule has 1 fully saturated rings. The summed E-state index contributed by atoms with van der Waals surface area (Å²) in [5.74, 6) is 0.0380. The molecule has 2 rings (SSSR count). The number of ether oxygens (including phenoxy) is 2. The minimum Gasteiger partial charge on any atom is -0.461 e. The van der Waals surface area contributed by atoms with Crippen LogP contribution in [0.2, 0.25) is 0 Å². The molecule has 1 aliphatic rings. The number of esters is 1. The predicted molar refractivity (Wildman–Crippen MR) is 69.0 cm³/mol. The molecule has 0 aromatic carbocycles. The molecule has 0 bridgehead atoms. The molecule has 1 saturated heterocycles. The summed E-state index contributed by atoms with van der Waals surface area (Å²) in [4.78, 5) is 11.9. The van der Waals surface area contributed by atoms with Crippen molar-refractivity contribution in [3.63, 3.8) is 0 Å². The minimum atomic E-state index is -0.386. The first-order valence-corrected chi connectivity index (χ1v) is 6.82. The van der Waals surface area contributed by atoms with Gasteiger partial charge in [-0.05, 0) is 25.7 Å². The van der Waals surface area contributed by atoms with Crippen LogP contribution in [0.3, 0.4) is 0 Å². The summed E-state index contributed by atoms with van der Waals surface area (Å²) in [6.07, 6.45) is 1.67. The van der Waals surface area contributed by atoms with Crippen LogP contribution in [0.1, 0.15) is 49.4 Å².